The van der Waals surface area contributed by atoms with E-state index in [1.165, 1.54) is 5.56 Å². The van der Waals surface area contributed by atoms with Crippen LogP contribution in [0.2, 0.25) is 0 Å². The fourth-order valence-corrected chi connectivity index (χ4v) is 3.13. The van der Waals surface area contributed by atoms with Crippen LogP contribution < -0.4 is 5.73 Å². The normalized spacial score (nSPS) is 27.7. The van der Waals surface area contributed by atoms with Crippen molar-refractivity contribution in [1.82, 2.24) is 4.90 Å². The van der Waals surface area contributed by atoms with E-state index in [2.05, 4.69) is 42.3 Å². The summed E-state index contributed by atoms with van der Waals surface area (Å²) in [7, 11) is 4.01. The van der Waals surface area contributed by atoms with Crippen LogP contribution >= 0.6 is 0 Å². The van der Waals surface area contributed by atoms with E-state index in [4.69, 9.17) is 10.5 Å². The molecular formula is C16H26N2O. The molecule has 2 N–H and O–H groups in total. The Morgan fingerprint density at radius 3 is 2.42 bits per heavy atom. The lowest BCUT2D eigenvalue weighted by atomic mass is 9.79. The third-order valence-electron chi connectivity index (χ3n) is 4.65. The van der Waals surface area contributed by atoms with E-state index in [1.54, 1.807) is 0 Å². The number of ether oxygens (including phenoxy) is 1. The fraction of sp³-hybridized carbons (Fsp3) is 0.625. The van der Waals surface area contributed by atoms with Crippen LogP contribution in [0, 0.1) is 0 Å². The fourth-order valence-electron chi connectivity index (χ4n) is 3.13. The zero-order chi connectivity index (χ0) is 13.7. The Morgan fingerprint density at radius 1 is 1.26 bits per heavy atom. The van der Waals surface area contributed by atoms with Gasteiger partial charge in [-0.2, -0.15) is 0 Å². The molecule has 1 aliphatic carbocycles. The van der Waals surface area contributed by atoms with E-state index < -0.39 is 0 Å². The number of methoxy groups -OCH3 is 1. The molecule has 3 heteroatoms. The molecule has 1 aromatic carbocycles. The van der Waals surface area contributed by atoms with Crippen molar-refractivity contribution in [3.63, 3.8) is 0 Å². The maximum atomic E-state index is 6.10. The molecule has 0 aromatic heterocycles. The van der Waals surface area contributed by atoms with Crippen molar-refractivity contribution >= 4 is 0 Å². The molecule has 0 saturated heterocycles. The number of likely N-dealkylation sites (N-methyl/N-ethyl adjacent to an activating group) is 1. The van der Waals surface area contributed by atoms with Crippen molar-refractivity contribution in [2.24, 2.45) is 5.73 Å². The summed E-state index contributed by atoms with van der Waals surface area (Å²) in [6.45, 7) is 1.70. The summed E-state index contributed by atoms with van der Waals surface area (Å²) < 4.78 is 5.47. The van der Waals surface area contributed by atoms with Crippen LogP contribution in [-0.4, -0.2) is 37.2 Å². The van der Waals surface area contributed by atoms with Gasteiger partial charge >= 0.3 is 0 Å². The van der Waals surface area contributed by atoms with Gasteiger partial charge in [-0.15, -0.1) is 0 Å². The van der Waals surface area contributed by atoms with E-state index in [1.807, 2.05) is 7.11 Å². The lowest BCUT2D eigenvalue weighted by Gasteiger charge is -2.45. The van der Waals surface area contributed by atoms with E-state index in [0.29, 0.717) is 6.10 Å². The first-order valence-corrected chi connectivity index (χ1v) is 7.18. The minimum Gasteiger partial charge on any atom is -0.381 e. The van der Waals surface area contributed by atoms with Gasteiger partial charge in [-0.05, 0) is 38.3 Å². The maximum Gasteiger partial charge on any atom is 0.0572 e. The Bertz CT molecular complexity index is 372. The van der Waals surface area contributed by atoms with Crippen molar-refractivity contribution < 1.29 is 4.74 Å². The third kappa shape index (κ3) is 3.35. The number of hydrogen-bond donors (Lipinski definition) is 1. The minimum atomic E-state index is 0.144. The Hall–Kier alpha value is -0.900. The number of benzene rings is 1. The lowest BCUT2D eigenvalue weighted by Crippen LogP contribution is -2.54. The zero-order valence-electron chi connectivity index (χ0n) is 12.1. The molecule has 0 aliphatic heterocycles. The molecule has 19 heavy (non-hydrogen) atoms. The van der Waals surface area contributed by atoms with Crippen molar-refractivity contribution in [2.75, 3.05) is 20.7 Å². The first-order chi connectivity index (χ1) is 9.20. The highest BCUT2D eigenvalue weighted by Gasteiger charge is 2.37. The smallest absolute Gasteiger partial charge is 0.0572 e. The second kappa shape index (κ2) is 6.51. The Kier molecular flexibility index (Phi) is 4.97. The molecule has 0 bridgehead atoms. The Labute approximate surface area is 116 Å². The van der Waals surface area contributed by atoms with Crippen molar-refractivity contribution in [3.05, 3.63) is 35.9 Å². The molecule has 1 fully saturated rings. The summed E-state index contributed by atoms with van der Waals surface area (Å²) >= 11 is 0. The lowest BCUT2D eigenvalue weighted by molar-refractivity contribution is 0.000503. The van der Waals surface area contributed by atoms with E-state index >= 15 is 0 Å². The summed E-state index contributed by atoms with van der Waals surface area (Å²) in [6.07, 6.45) is 4.92. The predicted octanol–water partition coefficient (Wildman–Crippen LogP) is 2.40. The highest BCUT2D eigenvalue weighted by atomic mass is 16.5. The molecule has 3 nitrogen and oxygen atoms in total. The summed E-state index contributed by atoms with van der Waals surface area (Å²) in [5.74, 6) is 0. The first kappa shape index (κ1) is 14.5. The highest BCUT2D eigenvalue weighted by molar-refractivity contribution is 5.15. The average molecular weight is 262 g/mol. The SMILES string of the molecule is COC1CCC(CN)(N(C)Cc2ccccc2)CC1. The minimum absolute atomic E-state index is 0.144. The quantitative estimate of drug-likeness (QED) is 0.885. The molecule has 1 aliphatic rings. The second-order valence-corrected chi connectivity index (χ2v) is 5.71. The van der Waals surface area contributed by atoms with Gasteiger partial charge in [0.25, 0.3) is 0 Å². The molecule has 0 radical (unpaired) electrons. The summed E-state index contributed by atoms with van der Waals surface area (Å²) in [5.41, 5.74) is 7.59. The van der Waals surface area contributed by atoms with E-state index in [-0.39, 0.29) is 5.54 Å². The monoisotopic (exact) mass is 262 g/mol. The second-order valence-electron chi connectivity index (χ2n) is 5.71. The van der Waals surface area contributed by atoms with E-state index in [9.17, 15) is 0 Å². The van der Waals surface area contributed by atoms with Crippen molar-refractivity contribution in [1.29, 1.82) is 0 Å². The van der Waals surface area contributed by atoms with Crippen LogP contribution in [0.25, 0.3) is 0 Å². The van der Waals surface area contributed by atoms with Gasteiger partial charge in [-0.3, -0.25) is 4.90 Å². The summed E-state index contributed by atoms with van der Waals surface area (Å²) in [5, 5.41) is 0. The predicted molar refractivity (Wildman–Crippen MR) is 79.0 cm³/mol. The third-order valence-corrected chi connectivity index (χ3v) is 4.65. The van der Waals surface area contributed by atoms with Gasteiger partial charge in [0.1, 0.15) is 0 Å². The van der Waals surface area contributed by atoms with Crippen LogP contribution in [0.3, 0.4) is 0 Å². The molecule has 1 aromatic rings. The maximum absolute atomic E-state index is 6.10. The molecule has 1 saturated carbocycles. The van der Waals surface area contributed by atoms with Gasteiger partial charge in [-0.25, -0.2) is 0 Å². The average Bonchev–Trinajstić information content (AvgIpc) is 2.48. The largest absolute Gasteiger partial charge is 0.381 e. The van der Waals surface area contributed by atoms with Crippen molar-refractivity contribution in [3.8, 4) is 0 Å². The molecule has 0 amide bonds. The summed E-state index contributed by atoms with van der Waals surface area (Å²) in [6, 6.07) is 10.6. The molecule has 2 rings (SSSR count). The number of nitrogens with two attached hydrogens (primary N) is 1. The van der Waals surface area contributed by atoms with Gasteiger partial charge in [0, 0.05) is 25.7 Å². The molecular weight excluding hydrogens is 236 g/mol. The van der Waals surface area contributed by atoms with Gasteiger partial charge in [0.15, 0.2) is 0 Å². The van der Waals surface area contributed by atoms with Gasteiger partial charge in [0.2, 0.25) is 0 Å². The van der Waals surface area contributed by atoms with Crippen LogP contribution in [0.15, 0.2) is 30.3 Å². The summed E-state index contributed by atoms with van der Waals surface area (Å²) in [4.78, 5) is 2.44. The van der Waals surface area contributed by atoms with Crippen molar-refractivity contribution in [2.45, 2.75) is 43.9 Å². The van der Waals surface area contributed by atoms with Gasteiger partial charge in [0.05, 0.1) is 6.10 Å². The van der Waals surface area contributed by atoms with Gasteiger partial charge < -0.3 is 10.5 Å². The first-order valence-electron chi connectivity index (χ1n) is 7.18. The molecule has 0 heterocycles. The standard InChI is InChI=1S/C16H26N2O/c1-18(12-14-6-4-3-5-7-14)16(13-17)10-8-15(19-2)9-11-16/h3-7,15H,8-13,17H2,1-2H3. The van der Waals surface area contributed by atoms with Crippen LogP contribution in [-0.2, 0) is 11.3 Å². The van der Waals surface area contributed by atoms with Crippen LogP contribution in [0.4, 0.5) is 0 Å². The number of nitrogens with zero attached hydrogens (tertiary/aromatic N) is 1. The van der Waals surface area contributed by atoms with E-state index in [0.717, 1.165) is 38.8 Å². The van der Waals surface area contributed by atoms with Crippen LogP contribution in [0.1, 0.15) is 31.2 Å². The molecule has 0 unspecified atom stereocenters. The molecule has 0 spiro atoms. The zero-order valence-corrected chi connectivity index (χ0v) is 12.1. The highest BCUT2D eigenvalue weighted by Crippen LogP contribution is 2.34. The molecule has 106 valence electrons. The Balaban J connectivity index is 2.01. The Morgan fingerprint density at radius 2 is 1.89 bits per heavy atom. The number of rotatable bonds is 5. The van der Waals surface area contributed by atoms with Gasteiger partial charge in [-0.1, -0.05) is 30.3 Å². The topological polar surface area (TPSA) is 38.5 Å². The van der Waals surface area contributed by atoms with Crippen LogP contribution in [0.5, 0.6) is 0 Å². The number of hydrogen-bond acceptors (Lipinski definition) is 3. The molecule has 0 atom stereocenters.